The van der Waals surface area contributed by atoms with Crippen molar-refractivity contribution in [1.29, 1.82) is 0 Å². The van der Waals surface area contributed by atoms with Gasteiger partial charge in [0.1, 0.15) is 43.0 Å². The molecule has 0 aliphatic heterocycles. The summed E-state index contributed by atoms with van der Waals surface area (Å²) in [5, 5.41) is 9.82. The first-order chi connectivity index (χ1) is 15.6. The van der Waals surface area contributed by atoms with E-state index in [4.69, 9.17) is 9.47 Å². The number of benzene rings is 3. The maximum atomic E-state index is 11.6. The summed E-state index contributed by atoms with van der Waals surface area (Å²) >= 11 is 0. The molecule has 0 amide bonds. The molecule has 0 aliphatic carbocycles. The molecule has 3 aromatic rings. The summed E-state index contributed by atoms with van der Waals surface area (Å²) in [5.41, 5.74) is 3.22. The molecule has 0 spiro atoms. The summed E-state index contributed by atoms with van der Waals surface area (Å²) in [4.78, 5) is 23.1. The number of hydrogen-bond donors (Lipinski definition) is 1. The van der Waals surface area contributed by atoms with Gasteiger partial charge >= 0.3 is 0 Å². The first kappa shape index (κ1) is 22.6. The topological polar surface area (TPSA) is 72.8 Å². The Bertz CT molecular complexity index is 1050. The molecule has 0 saturated heterocycles. The van der Waals surface area contributed by atoms with Crippen LogP contribution in [0.15, 0.2) is 86.0 Å². The lowest BCUT2D eigenvalue weighted by molar-refractivity contribution is 0.111. The number of rotatable bonds is 11. The van der Waals surface area contributed by atoms with Gasteiger partial charge in [0.25, 0.3) is 0 Å². The van der Waals surface area contributed by atoms with Crippen molar-refractivity contribution in [2.75, 3.05) is 13.2 Å². The van der Waals surface area contributed by atoms with Crippen LogP contribution in [0.2, 0.25) is 0 Å². The fourth-order valence-corrected chi connectivity index (χ4v) is 3.49. The molecule has 0 fully saturated rings. The van der Waals surface area contributed by atoms with E-state index in [0.717, 1.165) is 18.1 Å². The van der Waals surface area contributed by atoms with Gasteiger partial charge < -0.3 is 14.6 Å². The van der Waals surface area contributed by atoms with Crippen LogP contribution in [0.1, 0.15) is 43.3 Å². The number of ether oxygens (including phenoxy) is 2. The third-order valence-electron chi connectivity index (χ3n) is 4.90. The second-order valence-corrected chi connectivity index (χ2v) is 7.05. The lowest BCUT2D eigenvalue weighted by Crippen LogP contribution is -2.10. The Morgan fingerprint density at radius 2 is 1.22 bits per heavy atom. The standard InChI is InChI=1S/C27H24O5/c1-3-13-31-25-11-5-19(17-28)15-23(25)27(21-7-9-22(30)10-8-21)24-16-20(18-29)6-12-26(24)32-14-4-2/h3-12,15-18,27,30H,1-2,13-14H2. The van der Waals surface area contributed by atoms with Crippen molar-refractivity contribution >= 4 is 12.6 Å². The zero-order valence-corrected chi connectivity index (χ0v) is 17.6. The zero-order chi connectivity index (χ0) is 22.9. The van der Waals surface area contributed by atoms with Crippen molar-refractivity contribution < 1.29 is 24.2 Å². The molecule has 32 heavy (non-hydrogen) atoms. The third kappa shape index (κ3) is 5.13. The summed E-state index contributed by atoms with van der Waals surface area (Å²) in [5.74, 6) is 0.816. The molecule has 0 atom stereocenters. The first-order valence-corrected chi connectivity index (χ1v) is 10.1. The van der Waals surface area contributed by atoms with Crippen molar-refractivity contribution in [3.8, 4) is 17.2 Å². The van der Waals surface area contributed by atoms with Crippen LogP contribution in [0.25, 0.3) is 0 Å². The SMILES string of the molecule is C=CCOc1ccc(C=O)cc1C(c1ccc(O)cc1)c1cc(C=O)ccc1OCC=C. The molecule has 162 valence electrons. The Labute approximate surface area is 187 Å². The molecule has 0 radical (unpaired) electrons. The number of aromatic hydroxyl groups is 1. The van der Waals surface area contributed by atoms with E-state index < -0.39 is 5.92 Å². The van der Waals surface area contributed by atoms with Gasteiger partial charge in [-0.2, -0.15) is 0 Å². The maximum Gasteiger partial charge on any atom is 0.150 e. The number of carbonyl (C=O) groups is 2. The second kappa shape index (κ2) is 10.8. The van der Waals surface area contributed by atoms with Crippen LogP contribution in [-0.2, 0) is 0 Å². The molecule has 3 rings (SSSR count). The molecule has 0 aromatic heterocycles. The van der Waals surface area contributed by atoms with Gasteiger partial charge in [0.2, 0.25) is 0 Å². The van der Waals surface area contributed by atoms with Gasteiger partial charge in [0.05, 0.1) is 0 Å². The molecule has 0 saturated carbocycles. The van der Waals surface area contributed by atoms with Gasteiger partial charge in [-0.15, -0.1) is 0 Å². The molecular weight excluding hydrogens is 404 g/mol. The Balaban J connectivity index is 2.31. The van der Waals surface area contributed by atoms with E-state index in [1.165, 1.54) is 0 Å². The smallest absolute Gasteiger partial charge is 0.150 e. The minimum atomic E-state index is -0.449. The quantitative estimate of drug-likeness (QED) is 0.254. The molecule has 0 bridgehead atoms. The van der Waals surface area contributed by atoms with Gasteiger partial charge in [-0.3, -0.25) is 9.59 Å². The number of phenols is 1. The fraction of sp³-hybridized carbons (Fsp3) is 0.111. The van der Waals surface area contributed by atoms with Gasteiger partial charge in [0, 0.05) is 28.2 Å². The predicted octanol–water partition coefficient (Wildman–Crippen LogP) is 5.33. The molecule has 5 heteroatoms. The summed E-state index contributed by atoms with van der Waals surface area (Å²) in [6.45, 7) is 7.97. The monoisotopic (exact) mass is 428 g/mol. The van der Waals surface area contributed by atoms with E-state index in [2.05, 4.69) is 13.2 Å². The average molecular weight is 428 g/mol. The van der Waals surface area contributed by atoms with Crippen LogP contribution in [-0.4, -0.2) is 30.9 Å². The zero-order valence-electron chi connectivity index (χ0n) is 17.6. The summed E-state index contributed by atoms with van der Waals surface area (Å²) in [6, 6.07) is 17.1. The normalized spacial score (nSPS) is 10.4. The van der Waals surface area contributed by atoms with Crippen molar-refractivity contribution in [3.63, 3.8) is 0 Å². The fourth-order valence-electron chi connectivity index (χ4n) is 3.49. The van der Waals surface area contributed by atoms with E-state index in [1.807, 2.05) is 0 Å². The largest absolute Gasteiger partial charge is 0.508 e. The highest BCUT2D eigenvalue weighted by Gasteiger charge is 2.25. The van der Waals surface area contributed by atoms with E-state index in [-0.39, 0.29) is 19.0 Å². The number of carbonyl (C=O) groups excluding carboxylic acids is 2. The molecule has 0 unspecified atom stereocenters. The van der Waals surface area contributed by atoms with Gasteiger partial charge in [-0.1, -0.05) is 37.4 Å². The van der Waals surface area contributed by atoms with Gasteiger partial charge in [-0.25, -0.2) is 0 Å². The van der Waals surface area contributed by atoms with E-state index in [0.29, 0.717) is 33.8 Å². The van der Waals surface area contributed by atoms with Crippen LogP contribution in [0, 0.1) is 0 Å². The molecule has 3 aromatic carbocycles. The van der Waals surface area contributed by atoms with Crippen molar-refractivity contribution in [1.82, 2.24) is 0 Å². The Morgan fingerprint density at radius 1 is 0.750 bits per heavy atom. The van der Waals surface area contributed by atoms with Crippen LogP contribution in [0.5, 0.6) is 17.2 Å². The Hall–Kier alpha value is -4.12. The number of aldehydes is 2. The summed E-state index contributed by atoms with van der Waals surface area (Å²) < 4.78 is 11.8. The number of phenolic OH excluding ortho intramolecular Hbond substituents is 1. The van der Waals surface area contributed by atoms with Gasteiger partial charge in [-0.05, 0) is 54.1 Å². The van der Waals surface area contributed by atoms with E-state index >= 15 is 0 Å². The first-order valence-electron chi connectivity index (χ1n) is 10.1. The summed E-state index contributed by atoms with van der Waals surface area (Å²) in [6.07, 6.45) is 4.81. The lowest BCUT2D eigenvalue weighted by Gasteiger charge is -2.24. The van der Waals surface area contributed by atoms with Crippen molar-refractivity contribution in [2.24, 2.45) is 0 Å². The van der Waals surface area contributed by atoms with E-state index in [1.54, 1.807) is 72.8 Å². The Morgan fingerprint density at radius 3 is 1.62 bits per heavy atom. The molecule has 5 nitrogen and oxygen atoms in total. The highest BCUT2D eigenvalue weighted by Crippen LogP contribution is 2.42. The van der Waals surface area contributed by atoms with Gasteiger partial charge in [0.15, 0.2) is 0 Å². The number of hydrogen-bond acceptors (Lipinski definition) is 5. The average Bonchev–Trinajstić information content (AvgIpc) is 2.83. The second-order valence-electron chi connectivity index (χ2n) is 7.05. The highest BCUT2D eigenvalue weighted by atomic mass is 16.5. The lowest BCUT2D eigenvalue weighted by atomic mass is 9.83. The molecular formula is C27H24O5. The maximum absolute atomic E-state index is 11.6. The predicted molar refractivity (Wildman–Crippen MR) is 124 cm³/mol. The highest BCUT2D eigenvalue weighted by molar-refractivity contribution is 5.78. The van der Waals surface area contributed by atoms with Crippen molar-refractivity contribution in [2.45, 2.75) is 5.92 Å². The third-order valence-corrected chi connectivity index (χ3v) is 4.90. The van der Waals surface area contributed by atoms with Crippen LogP contribution >= 0.6 is 0 Å². The van der Waals surface area contributed by atoms with Crippen LogP contribution in [0.3, 0.4) is 0 Å². The molecule has 0 aliphatic rings. The minimum absolute atomic E-state index is 0.127. The minimum Gasteiger partial charge on any atom is -0.508 e. The van der Waals surface area contributed by atoms with Crippen LogP contribution in [0.4, 0.5) is 0 Å². The van der Waals surface area contributed by atoms with Crippen molar-refractivity contribution in [3.05, 3.63) is 114 Å². The van der Waals surface area contributed by atoms with E-state index in [9.17, 15) is 14.7 Å². The summed E-state index contributed by atoms with van der Waals surface area (Å²) in [7, 11) is 0. The molecule has 0 heterocycles. The Kier molecular flexibility index (Phi) is 7.60. The van der Waals surface area contributed by atoms with Crippen LogP contribution < -0.4 is 9.47 Å². The molecule has 1 N–H and O–H groups in total.